The molecule has 0 radical (unpaired) electrons. The molecule has 2 aromatic rings. The maximum absolute atomic E-state index is 12.3. The van der Waals surface area contributed by atoms with E-state index < -0.39 is 6.61 Å². The van der Waals surface area contributed by atoms with Crippen LogP contribution in [-0.4, -0.2) is 13.7 Å². The van der Waals surface area contributed by atoms with Crippen molar-refractivity contribution in [3.05, 3.63) is 54.1 Å². The average molecular weight is 279 g/mol. The van der Waals surface area contributed by atoms with Crippen molar-refractivity contribution < 1.29 is 18.3 Å². The van der Waals surface area contributed by atoms with E-state index >= 15 is 0 Å². The van der Waals surface area contributed by atoms with Crippen molar-refractivity contribution in [3.8, 4) is 11.5 Å². The fourth-order valence-corrected chi connectivity index (χ4v) is 1.84. The second-order valence-electron chi connectivity index (χ2n) is 4.04. The Balaban J connectivity index is 2.11. The first-order valence-corrected chi connectivity index (χ1v) is 6.10. The number of methoxy groups -OCH3 is 1. The summed E-state index contributed by atoms with van der Waals surface area (Å²) in [5.74, 6) is 0.865. The lowest BCUT2D eigenvalue weighted by atomic mass is 10.2. The van der Waals surface area contributed by atoms with Gasteiger partial charge in [0.2, 0.25) is 0 Å². The van der Waals surface area contributed by atoms with E-state index in [4.69, 9.17) is 4.74 Å². The Morgan fingerprint density at radius 2 is 1.65 bits per heavy atom. The average Bonchev–Trinajstić information content (AvgIpc) is 2.46. The highest BCUT2D eigenvalue weighted by Gasteiger charge is 2.09. The first-order chi connectivity index (χ1) is 9.70. The van der Waals surface area contributed by atoms with Crippen LogP contribution in [0, 0.1) is 0 Å². The molecule has 0 atom stereocenters. The number of benzene rings is 2. The van der Waals surface area contributed by atoms with E-state index in [9.17, 15) is 8.78 Å². The van der Waals surface area contributed by atoms with Gasteiger partial charge in [-0.25, -0.2) is 0 Å². The van der Waals surface area contributed by atoms with Crippen LogP contribution in [0.4, 0.5) is 14.5 Å². The second kappa shape index (κ2) is 6.75. The minimum absolute atomic E-state index is 0.171. The highest BCUT2D eigenvalue weighted by molar-refractivity contribution is 5.56. The van der Waals surface area contributed by atoms with Gasteiger partial charge in [0.05, 0.1) is 12.8 Å². The molecule has 0 saturated carbocycles. The van der Waals surface area contributed by atoms with Gasteiger partial charge in [0.1, 0.15) is 11.5 Å². The molecule has 2 aromatic carbocycles. The van der Waals surface area contributed by atoms with E-state index in [0.29, 0.717) is 17.9 Å². The summed E-state index contributed by atoms with van der Waals surface area (Å²) in [6, 6.07) is 14.1. The Morgan fingerprint density at radius 1 is 1.00 bits per heavy atom. The van der Waals surface area contributed by atoms with Gasteiger partial charge in [-0.15, -0.1) is 0 Å². The number of alkyl halides is 2. The van der Waals surface area contributed by atoms with Crippen molar-refractivity contribution in [2.45, 2.75) is 13.2 Å². The number of halogens is 2. The van der Waals surface area contributed by atoms with Gasteiger partial charge in [0.15, 0.2) is 0 Å². The van der Waals surface area contributed by atoms with E-state index in [0.717, 1.165) is 5.69 Å². The highest BCUT2D eigenvalue weighted by Crippen LogP contribution is 2.26. The van der Waals surface area contributed by atoms with E-state index in [-0.39, 0.29) is 5.75 Å². The molecule has 0 aliphatic rings. The van der Waals surface area contributed by atoms with Gasteiger partial charge >= 0.3 is 6.61 Å². The zero-order valence-electron chi connectivity index (χ0n) is 11.0. The molecule has 106 valence electrons. The van der Waals surface area contributed by atoms with Crippen LogP contribution < -0.4 is 14.8 Å². The summed E-state index contributed by atoms with van der Waals surface area (Å²) in [5, 5.41) is 3.14. The van der Waals surface area contributed by atoms with Crippen molar-refractivity contribution in [1.29, 1.82) is 0 Å². The smallest absolute Gasteiger partial charge is 0.387 e. The molecule has 0 unspecified atom stereocenters. The SMILES string of the molecule is COc1ccccc1NCc1ccccc1OC(F)F. The van der Waals surface area contributed by atoms with E-state index in [2.05, 4.69) is 10.1 Å². The molecule has 0 fully saturated rings. The zero-order chi connectivity index (χ0) is 14.4. The van der Waals surface area contributed by atoms with Crippen molar-refractivity contribution in [3.63, 3.8) is 0 Å². The van der Waals surface area contributed by atoms with Gasteiger partial charge < -0.3 is 14.8 Å². The summed E-state index contributed by atoms with van der Waals surface area (Å²) in [6.45, 7) is -2.47. The van der Waals surface area contributed by atoms with Gasteiger partial charge in [-0.2, -0.15) is 8.78 Å². The quantitative estimate of drug-likeness (QED) is 0.869. The molecule has 5 heteroatoms. The first kappa shape index (κ1) is 14.1. The maximum Gasteiger partial charge on any atom is 0.387 e. The third kappa shape index (κ3) is 3.60. The molecule has 0 aromatic heterocycles. The lowest BCUT2D eigenvalue weighted by molar-refractivity contribution is -0.0504. The summed E-state index contributed by atoms with van der Waals surface area (Å²) in [6.07, 6.45) is 0. The van der Waals surface area contributed by atoms with Crippen LogP contribution in [0.25, 0.3) is 0 Å². The second-order valence-corrected chi connectivity index (χ2v) is 4.04. The molecular weight excluding hydrogens is 264 g/mol. The van der Waals surface area contributed by atoms with Gasteiger partial charge in [0.25, 0.3) is 0 Å². The molecular formula is C15H15F2NO2. The van der Waals surface area contributed by atoms with Crippen LogP contribution >= 0.6 is 0 Å². The third-order valence-corrected chi connectivity index (χ3v) is 2.76. The fourth-order valence-electron chi connectivity index (χ4n) is 1.84. The topological polar surface area (TPSA) is 30.5 Å². The Morgan fingerprint density at radius 3 is 2.35 bits per heavy atom. The predicted molar refractivity (Wildman–Crippen MR) is 73.4 cm³/mol. The lowest BCUT2D eigenvalue weighted by Gasteiger charge is -2.13. The van der Waals surface area contributed by atoms with Crippen molar-refractivity contribution in [1.82, 2.24) is 0 Å². The molecule has 0 aliphatic carbocycles. The molecule has 0 amide bonds. The largest absolute Gasteiger partial charge is 0.495 e. The van der Waals surface area contributed by atoms with Gasteiger partial charge in [-0.1, -0.05) is 30.3 Å². The monoisotopic (exact) mass is 279 g/mol. The van der Waals surface area contributed by atoms with E-state index in [1.54, 1.807) is 25.3 Å². The number of hydrogen-bond acceptors (Lipinski definition) is 3. The van der Waals surface area contributed by atoms with Crippen LogP contribution in [-0.2, 0) is 6.54 Å². The first-order valence-electron chi connectivity index (χ1n) is 6.10. The standard InChI is InChI=1S/C15H15F2NO2/c1-19-14-9-5-3-7-12(14)18-10-11-6-2-4-8-13(11)20-15(16)17/h2-9,15,18H,10H2,1H3. The lowest BCUT2D eigenvalue weighted by Crippen LogP contribution is -2.07. The Hall–Kier alpha value is -2.30. The molecule has 20 heavy (non-hydrogen) atoms. The van der Waals surface area contributed by atoms with Crippen molar-refractivity contribution in [2.24, 2.45) is 0 Å². The number of ether oxygens (including phenoxy) is 2. The van der Waals surface area contributed by atoms with Crippen molar-refractivity contribution in [2.75, 3.05) is 12.4 Å². The molecule has 2 rings (SSSR count). The minimum Gasteiger partial charge on any atom is -0.495 e. The minimum atomic E-state index is -2.83. The molecule has 0 heterocycles. The molecule has 0 aliphatic heterocycles. The Labute approximate surface area is 116 Å². The number of rotatable bonds is 6. The number of hydrogen-bond donors (Lipinski definition) is 1. The van der Waals surface area contributed by atoms with Gasteiger partial charge in [-0.05, 0) is 18.2 Å². The normalized spacial score (nSPS) is 10.4. The summed E-state index contributed by atoms with van der Waals surface area (Å²) < 4.78 is 34.3. The Bertz CT molecular complexity index is 561. The number of para-hydroxylation sites is 3. The van der Waals surface area contributed by atoms with Gasteiger partial charge in [-0.3, -0.25) is 0 Å². The highest BCUT2D eigenvalue weighted by atomic mass is 19.3. The molecule has 3 nitrogen and oxygen atoms in total. The molecule has 0 saturated heterocycles. The summed E-state index contributed by atoms with van der Waals surface area (Å²) in [4.78, 5) is 0. The van der Waals surface area contributed by atoms with Crippen LogP contribution in [0.1, 0.15) is 5.56 Å². The maximum atomic E-state index is 12.3. The molecule has 0 spiro atoms. The number of anilines is 1. The van der Waals surface area contributed by atoms with E-state index in [1.165, 1.54) is 6.07 Å². The summed E-state index contributed by atoms with van der Waals surface area (Å²) in [7, 11) is 1.58. The third-order valence-electron chi connectivity index (χ3n) is 2.76. The van der Waals surface area contributed by atoms with Crippen LogP contribution in [0.5, 0.6) is 11.5 Å². The molecule has 1 N–H and O–H groups in total. The van der Waals surface area contributed by atoms with Crippen LogP contribution in [0.2, 0.25) is 0 Å². The summed E-state index contributed by atoms with van der Waals surface area (Å²) in [5.41, 5.74) is 1.44. The fraction of sp³-hybridized carbons (Fsp3) is 0.200. The van der Waals surface area contributed by atoms with Crippen LogP contribution in [0.3, 0.4) is 0 Å². The predicted octanol–water partition coefficient (Wildman–Crippen LogP) is 3.91. The molecule has 0 bridgehead atoms. The van der Waals surface area contributed by atoms with Crippen molar-refractivity contribution >= 4 is 5.69 Å². The summed E-state index contributed by atoms with van der Waals surface area (Å²) >= 11 is 0. The zero-order valence-corrected chi connectivity index (χ0v) is 11.0. The van der Waals surface area contributed by atoms with E-state index in [1.807, 2.05) is 24.3 Å². The van der Waals surface area contributed by atoms with Gasteiger partial charge in [0, 0.05) is 12.1 Å². The van der Waals surface area contributed by atoms with Crippen LogP contribution in [0.15, 0.2) is 48.5 Å². The number of nitrogens with one attached hydrogen (secondary N) is 1. The Kier molecular flexibility index (Phi) is 4.76.